The van der Waals surface area contributed by atoms with Crippen LogP contribution >= 0.6 is 23.1 Å². The molecule has 0 amide bonds. The van der Waals surface area contributed by atoms with Gasteiger partial charge in [0, 0.05) is 11.4 Å². The molecule has 0 radical (unpaired) electrons. The zero-order valence-corrected chi connectivity index (χ0v) is 10.2. The first kappa shape index (κ1) is 10.7. The maximum absolute atomic E-state index is 5.63. The molecule has 2 aromatic rings. The molecular weight excluding hydrogens is 222 g/mol. The topological polar surface area (TPSA) is 26.0 Å². The molecule has 78 valence electrons. The molecule has 1 heterocycles. The molecular formula is C12H13NS2. The summed E-state index contributed by atoms with van der Waals surface area (Å²) in [4.78, 5) is 1.28. The van der Waals surface area contributed by atoms with E-state index in [1.54, 1.807) is 23.1 Å². The number of rotatable bonds is 3. The van der Waals surface area contributed by atoms with E-state index in [4.69, 9.17) is 5.73 Å². The van der Waals surface area contributed by atoms with E-state index >= 15 is 0 Å². The number of hydrogen-bond donors (Lipinski definition) is 1. The maximum Gasteiger partial charge on any atom is 0.0646 e. The van der Waals surface area contributed by atoms with Crippen LogP contribution in [0.2, 0.25) is 0 Å². The Morgan fingerprint density at radius 2 is 2.20 bits per heavy atom. The van der Waals surface area contributed by atoms with Crippen molar-refractivity contribution in [1.29, 1.82) is 0 Å². The molecule has 0 saturated carbocycles. The van der Waals surface area contributed by atoms with Crippen molar-refractivity contribution in [3.63, 3.8) is 0 Å². The maximum atomic E-state index is 5.63. The van der Waals surface area contributed by atoms with E-state index in [0.29, 0.717) is 6.54 Å². The Labute approximate surface area is 98.3 Å². The number of hydrogen-bond acceptors (Lipinski definition) is 3. The van der Waals surface area contributed by atoms with Crippen LogP contribution in [0.25, 0.3) is 0 Å². The van der Waals surface area contributed by atoms with E-state index in [1.165, 1.54) is 20.2 Å². The average molecular weight is 235 g/mol. The number of benzene rings is 1. The summed E-state index contributed by atoms with van der Waals surface area (Å²) in [5.74, 6) is 0. The lowest BCUT2D eigenvalue weighted by Crippen LogP contribution is -1.98. The van der Waals surface area contributed by atoms with Crippen molar-refractivity contribution in [1.82, 2.24) is 0 Å². The Balaban J connectivity index is 2.20. The van der Waals surface area contributed by atoms with Gasteiger partial charge in [-0.3, -0.25) is 0 Å². The first-order valence-electron chi connectivity index (χ1n) is 4.80. The second-order valence-corrected chi connectivity index (χ2v) is 5.65. The van der Waals surface area contributed by atoms with Crippen molar-refractivity contribution in [3.8, 4) is 0 Å². The van der Waals surface area contributed by atoms with Gasteiger partial charge in [-0.15, -0.1) is 11.3 Å². The molecule has 1 nitrogen and oxygen atoms in total. The Bertz CT molecular complexity index is 435. The Kier molecular flexibility index (Phi) is 3.46. The molecule has 15 heavy (non-hydrogen) atoms. The summed E-state index contributed by atoms with van der Waals surface area (Å²) in [5, 5.41) is 2.10. The Morgan fingerprint density at radius 1 is 1.33 bits per heavy atom. The van der Waals surface area contributed by atoms with Crippen LogP contribution in [-0.4, -0.2) is 0 Å². The summed E-state index contributed by atoms with van der Waals surface area (Å²) in [6.45, 7) is 2.73. The van der Waals surface area contributed by atoms with Gasteiger partial charge in [-0.25, -0.2) is 0 Å². The summed E-state index contributed by atoms with van der Waals surface area (Å²) in [5.41, 5.74) is 8.14. The highest BCUT2D eigenvalue weighted by atomic mass is 32.2. The summed E-state index contributed by atoms with van der Waals surface area (Å²) < 4.78 is 1.33. The first-order valence-corrected chi connectivity index (χ1v) is 6.50. The summed E-state index contributed by atoms with van der Waals surface area (Å²) in [6.07, 6.45) is 0. The standard InChI is InChI=1S/C12H13NS2/c1-9-7-11(5-4-10(9)8-13)15-12-3-2-6-14-12/h2-7H,8,13H2,1H3. The Hall–Kier alpha value is -0.770. The highest BCUT2D eigenvalue weighted by Crippen LogP contribution is 2.32. The van der Waals surface area contributed by atoms with Gasteiger partial charge in [0.25, 0.3) is 0 Å². The SMILES string of the molecule is Cc1cc(Sc2cccs2)ccc1CN. The lowest BCUT2D eigenvalue weighted by molar-refractivity contribution is 1.04. The van der Waals surface area contributed by atoms with Crippen molar-refractivity contribution in [2.75, 3.05) is 0 Å². The molecule has 1 aromatic carbocycles. The average Bonchev–Trinajstić information content (AvgIpc) is 2.71. The number of nitrogens with two attached hydrogens (primary N) is 1. The molecule has 0 atom stereocenters. The minimum Gasteiger partial charge on any atom is -0.326 e. The quantitative estimate of drug-likeness (QED) is 0.878. The predicted molar refractivity (Wildman–Crippen MR) is 67.5 cm³/mol. The van der Waals surface area contributed by atoms with Crippen molar-refractivity contribution in [2.24, 2.45) is 5.73 Å². The predicted octanol–water partition coefficient (Wildman–Crippen LogP) is 3.67. The normalized spacial score (nSPS) is 10.5. The van der Waals surface area contributed by atoms with Gasteiger partial charge in [-0.05, 0) is 41.6 Å². The van der Waals surface area contributed by atoms with Crippen LogP contribution < -0.4 is 5.73 Å². The van der Waals surface area contributed by atoms with Crippen LogP contribution in [0.5, 0.6) is 0 Å². The first-order chi connectivity index (χ1) is 7.29. The molecule has 0 aliphatic carbocycles. The van der Waals surface area contributed by atoms with Crippen LogP contribution in [0.4, 0.5) is 0 Å². The van der Waals surface area contributed by atoms with Gasteiger partial charge in [0.05, 0.1) is 4.21 Å². The third-order valence-electron chi connectivity index (χ3n) is 2.25. The van der Waals surface area contributed by atoms with Crippen molar-refractivity contribution >= 4 is 23.1 Å². The van der Waals surface area contributed by atoms with Crippen molar-refractivity contribution in [3.05, 3.63) is 46.8 Å². The van der Waals surface area contributed by atoms with Crippen LogP contribution in [0, 0.1) is 6.92 Å². The molecule has 0 unspecified atom stereocenters. The molecule has 0 bridgehead atoms. The van der Waals surface area contributed by atoms with Crippen LogP contribution in [0.1, 0.15) is 11.1 Å². The largest absolute Gasteiger partial charge is 0.326 e. The van der Waals surface area contributed by atoms with Crippen molar-refractivity contribution < 1.29 is 0 Å². The molecule has 2 N–H and O–H groups in total. The van der Waals surface area contributed by atoms with Gasteiger partial charge in [-0.2, -0.15) is 0 Å². The fourth-order valence-corrected chi connectivity index (χ4v) is 3.25. The molecule has 0 fully saturated rings. The fourth-order valence-electron chi connectivity index (χ4n) is 1.40. The summed E-state index contributed by atoms with van der Waals surface area (Å²) in [7, 11) is 0. The van der Waals surface area contributed by atoms with Gasteiger partial charge in [0.1, 0.15) is 0 Å². The van der Waals surface area contributed by atoms with E-state index in [1.807, 2.05) is 0 Å². The van der Waals surface area contributed by atoms with Crippen LogP contribution in [-0.2, 0) is 6.54 Å². The molecule has 2 rings (SSSR count). The fraction of sp³-hybridized carbons (Fsp3) is 0.167. The zero-order valence-electron chi connectivity index (χ0n) is 8.57. The van der Waals surface area contributed by atoms with Gasteiger partial charge < -0.3 is 5.73 Å². The third kappa shape index (κ3) is 2.62. The molecule has 3 heteroatoms. The minimum absolute atomic E-state index is 0.621. The summed E-state index contributed by atoms with van der Waals surface area (Å²) >= 11 is 3.58. The van der Waals surface area contributed by atoms with Gasteiger partial charge in [-0.1, -0.05) is 23.9 Å². The second-order valence-electron chi connectivity index (χ2n) is 3.33. The van der Waals surface area contributed by atoms with E-state index in [0.717, 1.165) is 0 Å². The van der Waals surface area contributed by atoms with Gasteiger partial charge >= 0.3 is 0 Å². The van der Waals surface area contributed by atoms with Crippen molar-refractivity contribution in [2.45, 2.75) is 22.6 Å². The number of aryl methyl sites for hydroxylation is 1. The monoisotopic (exact) mass is 235 g/mol. The minimum atomic E-state index is 0.621. The van der Waals surface area contributed by atoms with E-state index in [9.17, 15) is 0 Å². The third-order valence-corrected chi connectivity index (χ3v) is 4.27. The van der Waals surface area contributed by atoms with Gasteiger partial charge in [0.2, 0.25) is 0 Å². The molecule has 1 aromatic heterocycles. The second kappa shape index (κ2) is 4.84. The van der Waals surface area contributed by atoms with Crippen LogP contribution in [0.3, 0.4) is 0 Å². The zero-order chi connectivity index (χ0) is 10.7. The number of thiophene rings is 1. The molecule has 0 aliphatic heterocycles. The van der Waals surface area contributed by atoms with E-state index < -0.39 is 0 Å². The van der Waals surface area contributed by atoms with Gasteiger partial charge in [0.15, 0.2) is 0 Å². The smallest absolute Gasteiger partial charge is 0.0646 e. The highest BCUT2D eigenvalue weighted by Gasteiger charge is 2.01. The lowest BCUT2D eigenvalue weighted by atomic mass is 10.1. The molecule has 0 saturated heterocycles. The molecule has 0 spiro atoms. The summed E-state index contributed by atoms with van der Waals surface area (Å²) in [6, 6.07) is 10.7. The van der Waals surface area contributed by atoms with Crippen LogP contribution in [0.15, 0.2) is 44.8 Å². The Morgan fingerprint density at radius 3 is 2.80 bits per heavy atom. The van der Waals surface area contributed by atoms with E-state index in [2.05, 4.69) is 42.6 Å². The lowest BCUT2D eigenvalue weighted by Gasteiger charge is -2.05. The highest BCUT2D eigenvalue weighted by molar-refractivity contribution is 8.01. The molecule has 0 aliphatic rings. The van der Waals surface area contributed by atoms with E-state index in [-0.39, 0.29) is 0 Å².